The second kappa shape index (κ2) is 14.5. The number of nitrogens with one attached hydrogen (secondary N) is 1. The summed E-state index contributed by atoms with van der Waals surface area (Å²) in [4.78, 5) is 26.2. The third-order valence-electron chi connectivity index (χ3n) is 8.76. The van der Waals surface area contributed by atoms with Crippen molar-refractivity contribution in [1.29, 1.82) is 0 Å². The minimum Gasteiger partial charge on any atom is -0.465 e. The van der Waals surface area contributed by atoms with Gasteiger partial charge < -0.3 is 15.2 Å². The predicted molar refractivity (Wildman–Crippen MR) is 169 cm³/mol. The molecule has 0 unspecified atom stereocenters. The fraction of sp³-hybridized carbons (Fsp3) is 0.543. The number of ether oxygens (including phenoxy) is 1. The molecule has 1 fully saturated rings. The van der Waals surface area contributed by atoms with Gasteiger partial charge in [-0.2, -0.15) is 0 Å². The average Bonchev–Trinajstić information content (AvgIpc) is 3.00. The highest BCUT2D eigenvalue weighted by Crippen LogP contribution is 2.41. The Hall–Kier alpha value is -3.46. The highest BCUT2D eigenvalue weighted by Gasteiger charge is 2.39. The first-order valence-electron chi connectivity index (χ1n) is 15.7. The van der Waals surface area contributed by atoms with E-state index >= 15 is 0 Å². The molecule has 0 bridgehead atoms. The van der Waals surface area contributed by atoms with E-state index in [2.05, 4.69) is 41.0 Å². The molecule has 2 N–H and O–H groups in total. The van der Waals surface area contributed by atoms with E-state index in [0.717, 1.165) is 24.0 Å². The zero-order chi connectivity index (χ0) is 31.9. The normalized spacial score (nSPS) is 18.6. The molecule has 0 aliphatic heterocycles. The number of rotatable bonds is 13. The number of nitrogens with zero attached hydrogens (tertiary/aromatic N) is 3. The van der Waals surface area contributed by atoms with Crippen LogP contribution < -0.4 is 5.32 Å². The van der Waals surface area contributed by atoms with Crippen LogP contribution in [0.5, 0.6) is 0 Å². The van der Waals surface area contributed by atoms with Crippen LogP contribution in [0.1, 0.15) is 102 Å². The lowest BCUT2D eigenvalue weighted by molar-refractivity contribution is -0.154. The number of carbonyl (C=O) groups excluding carboxylic acids is 1. The van der Waals surface area contributed by atoms with Gasteiger partial charge in [-0.25, -0.2) is 18.7 Å². The lowest BCUT2D eigenvalue weighted by Gasteiger charge is -2.37. The lowest BCUT2D eigenvalue weighted by Crippen LogP contribution is -2.37. The molecule has 4 rings (SSSR count). The van der Waals surface area contributed by atoms with Gasteiger partial charge in [0.1, 0.15) is 17.2 Å². The van der Waals surface area contributed by atoms with Gasteiger partial charge in [-0.3, -0.25) is 9.78 Å². The topological polar surface area (TPSA) is 97.2 Å². The SMILES string of the molecule is CCCCCC(C)(C)COC(=O)[C@H]1CC[C@H]([C@@](C)(O)c2ccc(-c3cc(C)cc(Nc4cc(C(F)F)ccn4)n3)cn2)CC1. The molecule has 3 aromatic heterocycles. The van der Waals surface area contributed by atoms with Crippen molar-refractivity contribution < 1.29 is 23.4 Å². The Balaban J connectivity index is 1.36. The predicted octanol–water partition coefficient (Wildman–Crippen LogP) is 8.69. The molecule has 7 nitrogen and oxygen atoms in total. The number of carbonyl (C=O) groups is 1. The summed E-state index contributed by atoms with van der Waals surface area (Å²) in [5.74, 6) is 0.481. The number of alkyl halides is 2. The quantitative estimate of drug-likeness (QED) is 0.148. The molecule has 1 saturated carbocycles. The van der Waals surface area contributed by atoms with Crippen molar-refractivity contribution in [2.75, 3.05) is 11.9 Å². The Labute approximate surface area is 259 Å². The van der Waals surface area contributed by atoms with Crippen LogP contribution in [0, 0.1) is 24.2 Å². The number of hydrogen-bond donors (Lipinski definition) is 2. The van der Waals surface area contributed by atoms with Crippen LogP contribution in [-0.2, 0) is 15.1 Å². The van der Waals surface area contributed by atoms with Gasteiger partial charge in [-0.1, -0.05) is 40.0 Å². The van der Waals surface area contributed by atoms with E-state index in [0.29, 0.717) is 49.5 Å². The van der Waals surface area contributed by atoms with Crippen molar-refractivity contribution in [1.82, 2.24) is 15.0 Å². The third kappa shape index (κ3) is 8.80. The van der Waals surface area contributed by atoms with E-state index in [1.54, 1.807) is 13.1 Å². The molecular weight excluding hydrogens is 562 g/mol. The van der Waals surface area contributed by atoms with Gasteiger partial charge in [0.2, 0.25) is 0 Å². The molecule has 238 valence electrons. The van der Waals surface area contributed by atoms with Gasteiger partial charge >= 0.3 is 5.97 Å². The fourth-order valence-corrected chi connectivity index (χ4v) is 5.92. The van der Waals surface area contributed by atoms with Gasteiger partial charge in [-0.05, 0) is 99.2 Å². The monoisotopic (exact) mass is 608 g/mol. The Morgan fingerprint density at radius 3 is 2.45 bits per heavy atom. The molecule has 0 amide bonds. The Morgan fingerprint density at radius 2 is 1.80 bits per heavy atom. The van der Waals surface area contributed by atoms with Crippen LogP contribution in [0.2, 0.25) is 0 Å². The highest BCUT2D eigenvalue weighted by atomic mass is 19.3. The number of aliphatic hydroxyl groups is 1. The number of hydrogen-bond acceptors (Lipinski definition) is 7. The van der Waals surface area contributed by atoms with Crippen LogP contribution in [0.25, 0.3) is 11.3 Å². The van der Waals surface area contributed by atoms with Crippen molar-refractivity contribution in [3.63, 3.8) is 0 Å². The summed E-state index contributed by atoms with van der Waals surface area (Å²) in [6, 6.07) is 10.0. The number of unbranched alkanes of at least 4 members (excludes halogenated alkanes) is 2. The summed E-state index contributed by atoms with van der Waals surface area (Å²) in [6.45, 7) is 10.7. The maximum atomic E-state index is 13.1. The van der Waals surface area contributed by atoms with E-state index in [1.165, 1.54) is 31.2 Å². The molecule has 3 heterocycles. The van der Waals surface area contributed by atoms with E-state index in [9.17, 15) is 18.7 Å². The van der Waals surface area contributed by atoms with Crippen molar-refractivity contribution in [2.24, 2.45) is 17.3 Å². The smallest absolute Gasteiger partial charge is 0.308 e. The van der Waals surface area contributed by atoms with Crippen molar-refractivity contribution in [3.8, 4) is 11.3 Å². The summed E-state index contributed by atoms with van der Waals surface area (Å²) >= 11 is 0. The molecule has 1 aliphatic carbocycles. The number of aryl methyl sites for hydroxylation is 1. The van der Waals surface area contributed by atoms with Crippen LogP contribution in [0.4, 0.5) is 20.4 Å². The van der Waals surface area contributed by atoms with E-state index in [4.69, 9.17) is 4.74 Å². The van der Waals surface area contributed by atoms with Crippen molar-refractivity contribution in [3.05, 3.63) is 65.6 Å². The molecule has 0 spiro atoms. The average molecular weight is 609 g/mol. The summed E-state index contributed by atoms with van der Waals surface area (Å²) in [5, 5.41) is 14.6. The molecule has 0 saturated heterocycles. The molecule has 9 heteroatoms. The van der Waals surface area contributed by atoms with Crippen LogP contribution in [-0.4, -0.2) is 32.6 Å². The molecule has 1 atom stereocenters. The molecule has 1 aliphatic rings. The van der Waals surface area contributed by atoms with Gasteiger partial charge in [0, 0.05) is 23.5 Å². The minimum absolute atomic E-state index is 0.0186. The molecule has 0 aromatic carbocycles. The van der Waals surface area contributed by atoms with Crippen LogP contribution >= 0.6 is 0 Å². The van der Waals surface area contributed by atoms with E-state index < -0.39 is 12.0 Å². The van der Waals surface area contributed by atoms with Gasteiger partial charge in [-0.15, -0.1) is 0 Å². The highest BCUT2D eigenvalue weighted by molar-refractivity contribution is 5.72. The van der Waals surface area contributed by atoms with Gasteiger partial charge in [0.25, 0.3) is 6.43 Å². The fourth-order valence-electron chi connectivity index (χ4n) is 5.92. The standard InChI is InChI=1S/C35H46F2N4O3/c1-6-7-8-16-34(3,4)22-44-33(42)24-9-12-27(13-10-24)35(5,43)29-14-11-26(21-39-29)28-18-23(2)19-31(40-28)41-30-20-25(32(36)37)15-17-38-30/h11,14-15,17-21,24,27,32,43H,6-10,12-13,16,22H2,1-5H3,(H,38,40,41)/t24-,27-,35-/m1/s1. The summed E-state index contributed by atoms with van der Waals surface area (Å²) in [5.41, 5.74) is 1.62. The maximum Gasteiger partial charge on any atom is 0.308 e. The summed E-state index contributed by atoms with van der Waals surface area (Å²) < 4.78 is 32.0. The first kappa shape index (κ1) is 33.4. The van der Waals surface area contributed by atoms with Crippen LogP contribution in [0.15, 0.2) is 48.8 Å². The van der Waals surface area contributed by atoms with Crippen LogP contribution in [0.3, 0.4) is 0 Å². The number of halogens is 2. The van der Waals surface area contributed by atoms with Crippen molar-refractivity contribution in [2.45, 2.75) is 98.0 Å². The zero-order valence-electron chi connectivity index (χ0n) is 26.6. The van der Waals surface area contributed by atoms with E-state index in [1.807, 2.05) is 31.2 Å². The largest absolute Gasteiger partial charge is 0.465 e. The molecule has 3 aromatic rings. The summed E-state index contributed by atoms with van der Waals surface area (Å²) in [7, 11) is 0. The Kier molecular flexibility index (Phi) is 11.1. The Morgan fingerprint density at radius 1 is 1.05 bits per heavy atom. The maximum absolute atomic E-state index is 13.1. The first-order chi connectivity index (χ1) is 20.9. The number of pyridine rings is 3. The lowest BCUT2D eigenvalue weighted by atomic mass is 9.73. The van der Waals surface area contributed by atoms with Gasteiger partial charge in [0.05, 0.1) is 23.9 Å². The number of aromatic nitrogens is 3. The van der Waals surface area contributed by atoms with Crippen molar-refractivity contribution >= 4 is 17.6 Å². The zero-order valence-corrected chi connectivity index (χ0v) is 26.6. The minimum atomic E-state index is -2.59. The summed E-state index contributed by atoms with van der Waals surface area (Å²) in [6.07, 6.45) is 7.80. The second-order valence-corrected chi connectivity index (χ2v) is 13.2. The first-order valence-corrected chi connectivity index (χ1v) is 15.7. The van der Waals surface area contributed by atoms with E-state index in [-0.39, 0.29) is 34.6 Å². The molecular formula is C35H46F2N4O3. The number of anilines is 2. The van der Waals surface area contributed by atoms with Gasteiger partial charge in [0.15, 0.2) is 0 Å². The number of esters is 1. The third-order valence-corrected chi connectivity index (χ3v) is 8.76. The Bertz CT molecular complexity index is 1390. The molecule has 0 radical (unpaired) electrons. The second-order valence-electron chi connectivity index (χ2n) is 13.2. The molecule has 44 heavy (non-hydrogen) atoms.